The van der Waals surface area contributed by atoms with Gasteiger partial charge < -0.3 is 14.9 Å². The van der Waals surface area contributed by atoms with E-state index in [-0.39, 0.29) is 24.5 Å². The van der Waals surface area contributed by atoms with E-state index in [0.717, 1.165) is 0 Å². The summed E-state index contributed by atoms with van der Waals surface area (Å²) in [6, 6.07) is 0.0365. The second-order valence-electron chi connectivity index (χ2n) is 5.96. The minimum absolute atomic E-state index is 0.00989. The molecule has 2 fully saturated rings. The number of amides is 2. The molecule has 0 bridgehead atoms. The smallest absolute Gasteiger partial charge is 0.320 e. The number of urea groups is 1. The van der Waals surface area contributed by atoms with Crippen LogP contribution in [0.15, 0.2) is 0 Å². The molecule has 0 aromatic heterocycles. The summed E-state index contributed by atoms with van der Waals surface area (Å²) in [5, 5.41) is 8.86. The summed E-state index contributed by atoms with van der Waals surface area (Å²) in [7, 11) is 1.86. The molecule has 1 N–H and O–H groups in total. The van der Waals surface area contributed by atoms with Crippen LogP contribution in [0, 0.1) is 5.92 Å². The predicted molar refractivity (Wildman–Crippen MR) is 71.9 cm³/mol. The maximum Gasteiger partial charge on any atom is 0.320 e. The van der Waals surface area contributed by atoms with Crippen molar-refractivity contribution in [2.45, 2.75) is 57.5 Å². The Hall–Kier alpha value is -1.26. The van der Waals surface area contributed by atoms with Crippen molar-refractivity contribution in [3.8, 4) is 0 Å². The minimum atomic E-state index is -0.843. The first-order valence-corrected chi connectivity index (χ1v) is 7.26. The van der Waals surface area contributed by atoms with Crippen molar-refractivity contribution in [2.75, 3.05) is 13.6 Å². The molecule has 0 aromatic rings. The number of rotatable bonds is 4. The Bertz CT molecular complexity index is 353. The van der Waals surface area contributed by atoms with E-state index in [1.807, 2.05) is 18.9 Å². The van der Waals surface area contributed by atoms with E-state index in [4.69, 9.17) is 5.11 Å². The van der Waals surface area contributed by atoms with Gasteiger partial charge in [0.2, 0.25) is 0 Å². The van der Waals surface area contributed by atoms with Crippen LogP contribution in [0.25, 0.3) is 0 Å². The molecular formula is C14H24N2O3. The van der Waals surface area contributed by atoms with Gasteiger partial charge in [0.15, 0.2) is 0 Å². The molecule has 2 rings (SSSR count). The Kier molecular flexibility index (Phi) is 4.32. The zero-order valence-electron chi connectivity index (χ0n) is 11.8. The van der Waals surface area contributed by atoms with E-state index >= 15 is 0 Å². The van der Waals surface area contributed by atoms with E-state index < -0.39 is 5.97 Å². The average Bonchev–Trinajstić information content (AvgIpc) is 2.67. The van der Waals surface area contributed by atoms with Crippen LogP contribution < -0.4 is 0 Å². The number of hydrogen-bond acceptors (Lipinski definition) is 2. The Labute approximate surface area is 114 Å². The highest BCUT2D eigenvalue weighted by molar-refractivity contribution is 5.78. The number of carboxylic acid groups (broad SMARTS) is 1. The van der Waals surface area contributed by atoms with Crippen LogP contribution in [0.5, 0.6) is 0 Å². The molecule has 108 valence electrons. The lowest BCUT2D eigenvalue weighted by Gasteiger charge is -2.30. The van der Waals surface area contributed by atoms with Crippen molar-refractivity contribution in [1.82, 2.24) is 9.80 Å². The zero-order chi connectivity index (χ0) is 14.0. The summed E-state index contributed by atoms with van der Waals surface area (Å²) >= 11 is 0. The molecule has 5 nitrogen and oxygen atoms in total. The number of carboxylic acids is 1. The summed E-state index contributed by atoms with van der Waals surface area (Å²) in [6.45, 7) is 2.51. The van der Waals surface area contributed by atoms with E-state index in [2.05, 4.69) is 0 Å². The van der Waals surface area contributed by atoms with Gasteiger partial charge in [0, 0.05) is 19.6 Å². The molecule has 2 unspecified atom stereocenters. The Morgan fingerprint density at radius 1 is 1.37 bits per heavy atom. The normalized spacial score (nSPS) is 26.8. The minimum Gasteiger partial charge on any atom is -0.481 e. The van der Waals surface area contributed by atoms with Crippen LogP contribution in [-0.2, 0) is 4.79 Å². The number of carbonyl (C=O) groups excluding carboxylic acids is 1. The lowest BCUT2D eigenvalue weighted by Crippen LogP contribution is -2.38. The SMILES string of the molecule is CC(CC(=O)O)N1CC(C2CCCCC2)N(C)C1=O. The average molecular weight is 268 g/mol. The molecular weight excluding hydrogens is 244 g/mol. The highest BCUT2D eigenvalue weighted by atomic mass is 16.4. The topological polar surface area (TPSA) is 60.9 Å². The second kappa shape index (κ2) is 5.80. The number of carbonyl (C=O) groups is 2. The molecule has 1 aliphatic heterocycles. The van der Waals surface area contributed by atoms with Gasteiger partial charge in [-0.05, 0) is 25.7 Å². The van der Waals surface area contributed by atoms with Crippen molar-refractivity contribution in [3.63, 3.8) is 0 Å². The first-order valence-electron chi connectivity index (χ1n) is 7.26. The summed E-state index contributed by atoms with van der Waals surface area (Å²) in [6.07, 6.45) is 6.24. The van der Waals surface area contributed by atoms with Crippen LogP contribution in [0.3, 0.4) is 0 Å². The second-order valence-corrected chi connectivity index (χ2v) is 5.96. The number of nitrogens with zero attached hydrogens (tertiary/aromatic N) is 2. The van der Waals surface area contributed by atoms with E-state index in [9.17, 15) is 9.59 Å². The van der Waals surface area contributed by atoms with Gasteiger partial charge in [0.05, 0.1) is 12.5 Å². The van der Waals surface area contributed by atoms with Crippen LogP contribution in [-0.4, -0.2) is 52.6 Å². The quantitative estimate of drug-likeness (QED) is 0.850. The van der Waals surface area contributed by atoms with E-state index in [1.54, 1.807) is 4.90 Å². The van der Waals surface area contributed by atoms with Crippen LogP contribution in [0.4, 0.5) is 4.79 Å². The van der Waals surface area contributed by atoms with Gasteiger partial charge in [-0.25, -0.2) is 4.79 Å². The molecule has 1 aliphatic carbocycles. The summed E-state index contributed by atoms with van der Waals surface area (Å²) in [5.74, 6) is -0.256. The van der Waals surface area contributed by atoms with Gasteiger partial charge in [0.1, 0.15) is 0 Å². The summed E-state index contributed by atoms with van der Waals surface area (Å²) < 4.78 is 0. The predicted octanol–water partition coefficient (Wildman–Crippen LogP) is 2.17. The molecule has 0 aromatic carbocycles. The molecule has 2 amide bonds. The number of hydrogen-bond donors (Lipinski definition) is 1. The monoisotopic (exact) mass is 268 g/mol. The number of aliphatic carboxylic acids is 1. The lowest BCUT2D eigenvalue weighted by molar-refractivity contribution is -0.137. The lowest BCUT2D eigenvalue weighted by atomic mass is 9.83. The Balaban J connectivity index is 2.01. The molecule has 1 heterocycles. The van der Waals surface area contributed by atoms with Crippen molar-refractivity contribution >= 4 is 12.0 Å². The third-order valence-corrected chi connectivity index (χ3v) is 4.62. The first kappa shape index (κ1) is 14.2. The molecule has 2 atom stereocenters. The highest BCUT2D eigenvalue weighted by Crippen LogP contribution is 2.33. The van der Waals surface area contributed by atoms with Crippen molar-refractivity contribution < 1.29 is 14.7 Å². The van der Waals surface area contributed by atoms with E-state index in [0.29, 0.717) is 12.5 Å². The molecule has 5 heteroatoms. The van der Waals surface area contributed by atoms with Gasteiger partial charge in [-0.1, -0.05) is 19.3 Å². The Morgan fingerprint density at radius 2 is 2.00 bits per heavy atom. The van der Waals surface area contributed by atoms with Crippen molar-refractivity contribution in [2.24, 2.45) is 5.92 Å². The molecule has 19 heavy (non-hydrogen) atoms. The highest BCUT2D eigenvalue weighted by Gasteiger charge is 2.41. The van der Waals surface area contributed by atoms with Gasteiger partial charge >= 0.3 is 12.0 Å². The molecule has 1 saturated heterocycles. The fourth-order valence-corrected chi connectivity index (χ4v) is 3.46. The molecule has 0 spiro atoms. The van der Waals surface area contributed by atoms with Gasteiger partial charge in [-0.3, -0.25) is 4.79 Å². The largest absolute Gasteiger partial charge is 0.481 e. The van der Waals surface area contributed by atoms with Crippen LogP contribution in [0.2, 0.25) is 0 Å². The third kappa shape index (κ3) is 3.01. The fraction of sp³-hybridized carbons (Fsp3) is 0.857. The molecule has 0 radical (unpaired) electrons. The standard InChI is InChI=1S/C14H24N2O3/c1-10(8-13(17)18)16-9-12(15(2)14(16)19)11-6-4-3-5-7-11/h10-12H,3-9H2,1-2H3,(H,17,18). The molecule has 1 saturated carbocycles. The summed E-state index contributed by atoms with van der Waals surface area (Å²) in [5.41, 5.74) is 0. The van der Waals surface area contributed by atoms with Gasteiger partial charge in [-0.2, -0.15) is 0 Å². The Morgan fingerprint density at radius 3 is 2.58 bits per heavy atom. The van der Waals surface area contributed by atoms with Gasteiger partial charge in [0.25, 0.3) is 0 Å². The third-order valence-electron chi connectivity index (χ3n) is 4.62. The van der Waals surface area contributed by atoms with Crippen molar-refractivity contribution in [3.05, 3.63) is 0 Å². The number of likely N-dealkylation sites (N-methyl/N-ethyl adjacent to an activating group) is 1. The van der Waals surface area contributed by atoms with E-state index in [1.165, 1.54) is 32.1 Å². The van der Waals surface area contributed by atoms with Crippen LogP contribution >= 0.6 is 0 Å². The maximum absolute atomic E-state index is 12.2. The van der Waals surface area contributed by atoms with Crippen LogP contribution in [0.1, 0.15) is 45.4 Å². The zero-order valence-corrected chi connectivity index (χ0v) is 11.8. The maximum atomic E-state index is 12.2. The van der Waals surface area contributed by atoms with Gasteiger partial charge in [-0.15, -0.1) is 0 Å². The molecule has 2 aliphatic rings. The fourth-order valence-electron chi connectivity index (χ4n) is 3.46. The first-order chi connectivity index (χ1) is 9.00. The van der Waals surface area contributed by atoms with Crippen molar-refractivity contribution in [1.29, 1.82) is 0 Å². The summed E-state index contributed by atoms with van der Waals surface area (Å²) in [4.78, 5) is 26.6.